The minimum Gasteiger partial charge on any atom is -0.294 e. The van der Waals surface area contributed by atoms with Crippen LogP contribution in [0.1, 0.15) is 22.3 Å². The van der Waals surface area contributed by atoms with Crippen LogP contribution in [0.4, 0.5) is 0 Å². The molecule has 0 amide bonds. The Labute approximate surface area is 129 Å². The maximum absolute atomic E-state index is 12.2. The monoisotopic (exact) mass is 414 g/mol. The Bertz CT molecular complexity index is 552. The van der Waals surface area contributed by atoms with Gasteiger partial charge in [-0.15, -0.1) is 0 Å². The van der Waals surface area contributed by atoms with Crippen molar-refractivity contribution in [1.29, 1.82) is 0 Å². The van der Waals surface area contributed by atoms with Gasteiger partial charge in [-0.1, -0.05) is 46.3 Å². The van der Waals surface area contributed by atoms with Crippen molar-refractivity contribution >= 4 is 44.3 Å². The predicted octanol–water partition coefficient (Wildman–Crippen LogP) is 4.87. The van der Waals surface area contributed by atoms with E-state index in [9.17, 15) is 4.79 Å². The van der Waals surface area contributed by atoms with Crippen molar-refractivity contribution in [1.82, 2.24) is 0 Å². The molecule has 2 rings (SSSR count). The quantitative estimate of drug-likeness (QED) is 0.515. The van der Waals surface area contributed by atoms with Gasteiger partial charge in [-0.05, 0) is 52.8 Å². The molecule has 0 fully saturated rings. The van der Waals surface area contributed by atoms with Crippen LogP contribution in [0.25, 0.3) is 0 Å². The van der Waals surface area contributed by atoms with E-state index in [2.05, 4.69) is 50.7 Å². The van der Waals surface area contributed by atoms with Crippen molar-refractivity contribution in [3.63, 3.8) is 0 Å². The number of aryl methyl sites for hydroxylation is 1. The molecule has 0 aromatic heterocycles. The second-order valence-corrected chi connectivity index (χ2v) is 6.11. The zero-order valence-corrected chi connectivity index (χ0v) is 13.4. The minimum atomic E-state index is 0.199. The summed E-state index contributed by atoms with van der Waals surface area (Å²) in [6, 6.07) is 15.9. The van der Waals surface area contributed by atoms with Gasteiger partial charge in [-0.25, -0.2) is 0 Å². The molecule has 0 saturated carbocycles. The molecule has 0 bridgehead atoms. The first kappa shape index (κ1) is 13.7. The lowest BCUT2D eigenvalue weighted by atomic mass is 10.0. The molecule has 2 aromatic carbocycles. The number of carbonyl (C=O) groups is 1. The maximum atomic E-state index is 12.2. The van der Waals surface area contributed by atoms with Gasteiger partial charge in [0.15, 0.2) is 5.78 Å². The van der Waals surface area contributed by atoms with Crippen LogP contribution in [0.5, 0.6) is 0 Å². The molecule has 3 heteroatoms. The molecule has 0 N–H and O–H groups in total. The summed E-state index contributed by atoms with van der Waals surface area (Å²) in [5.41, 5.74) is 2.01. The fourth-order valence-corrected chi connectivity index (χ4v) is 2.75. The summed E-state index contributed by atoms with van der Waals surface area (Å²) < 4.78 is 1.96. The third-order valence-corrected chi connectivity index (χ3v) is 4.15. The van der Waals surface area contributed by atoms with Crippen LogP contribution >= 0.6 is 38.5 Å². The van der Waals surface area contributed by atoms with E-state index in [1.165, 1.54) is 5.56 Å². The van der Waals surface area contributed by atoms with E-state index < -0.39 is 0 Å². The van der Waals surface area contributed by atoms with Crippen molar-refractivity contribution in [2.45, 2.75) is 12.8 Å². The molecule has 0 radical (unpaired) electrons. The van der Waals surface area contributed by atoms with Crippen LogP contribution < -0.4 is 0 Å². The van der Waals surface area contributed by atoms with Crippen LogP contribution in [-0.2, 0) is 6.42 Å². The van der Waals surface area contributed by atoms with E-state index in [1.807, 2.05) is 36.4 Å². The van der Waals surface area contributed by atoms with Gasteiger partial charge in [-0.3, -0.25) is 4.79 Å². The summed E-state index contributed by atoms with van der Waals surface area (Å²) in [5.74, 6) is 0.199. The lowest BCUT2D eigenvalue weighted by Crippen LogP contribution is -2.03. The van der Waals surface area contributed by atoms with Gasteiger partial charge in [0.05, 0.1) is 0 Å². The average molecular weight is 415 g/mol. The van der Waals surface area contributed by atoms with Crippen LogP contribution in [-0.4, -0.2) is 5.78 Å². The summed E-state index contributed by atoms with van der Waals surface area (Å²) in [4.78, 5) is 12.2. The maximum Gasteiger partial charge on any atom is 0.164 e. The molecule has 0 unspecified atom stereocenters. The predicted molar refractivity (Wildman–Crippen MR) is 86.0 cm³/mol. The topological polar surface area (TPSA) is 17.1 Å². The van der Waals surface area contributed by atoms with Crippen molar-refractivity contribution in [2.75, 3.05) is 0 Å². The van der Waals surface area contributed by atoms with Crippen LogP contribution in [0.3, 0.4) is 0 Å². The lowest BCUT2D eigenvalue weighted by molar-refractivity contribution is 0.0982. The van der Waals surface area contributed by atoms with Crippen molar-refractivity contribution in [3.8, 4) is 0 Å². The molecule has 0 aliphatic carbocycles. The standard InChI is InChI=1S/C15H12BrIO/c16-12-7-8-14(17)13(10-12)15(18)9-6-11-4-2-1-3-5-11/h1-5,7-8,10H,6,9H2. The highest BCUT2D eigenvalue weighted by Gasteiger charge is 2.10. The smallest absolute Gasteiger partial charge is 0.164 e. The third-order valence-electron chi connectivity index (χ3n) is 2.71. The zero-order valence-electron chi connectivity index (χ0n) is 9.70. The Kier molecular flexibility index (Phi) is 4.95. The number of rotatable bonds is 4. The molecule has 18 heavy (non-hydrogen) atoms. The van der Waals surface area contributed by atoms with Gasteiger partial charge in [0.25, 0.3) is 0 Å². The van der Waals surface area contributed by atoms with E-state index in [1.54, 1.807) is 0 Å². The van der Waals surface area contributed by atoms with Crippen molar-refractivity contribution in [3.05, 3.63) is 67.7 Å². The number of benzene rings is 2. The Morgan fingerprint density at radius 3 is 2.56 bits per heavy atom. The lowest BCUT2D eigenvalue weighted by Gasteiger charge is -2.05. The largest absolute Gasteiger partial charge is 0.294 e. The highest BCUT2D eigenvalue weighted by atomic mass is 127. The Morgan fingerprint density at radius 1 is 1.11 bits per heavy atom. The van der Waals surface area contributed by atoms with Gasteiger partial charge in [0.2, 0.25) is 0 Å². The minimum absolute atomic E-state index is 0.199. The summed E-state index contributed by atoms with van der Waals surface area (Å²) >= 11 is 5.61. The number of halogens is 2. The highest BCUT2D eigenvalue weighted by Crippen LogP contribution is 2.20. The second-order valence-electron chi connectivity index (χ2n) is 4.03. The first-order valence-electron chi connectivity index (χ1n) is 5.69. The van der Waals surface area contributed by atoms with Gasteiger partial charge in [0.1, 0.15) is 0 Å². The van der Waals surface area contributed by atoms with E-state index >= 15 is 0 Å². The fraction of sp³-hybridized carbons (Fsp3) is 0.133. The van der Waals surface area contributed by atoms with Crippen molar-refractivity contribution < 1.29 is 4.79 Å². The zero-order chi connectivity index (χ0) is 13.0. The number of Topliss-reactive ketones (excluding diaryl/α,β-unsaturated/α-hetero) is 1. The first-order valence-corrected chi connectivity index (χ1v) is 7.56. The molecule has 92 valence electrons. The van der Waals surface area contributed by atoms with E-state index in [0.29, 0.717) is 6.42 Å². The molecule has 0 heterocycles. The Hall–Kier alpha value is -0.680. The normalized spacial score (nSPS) is 10.3. The summed E-state index contributed by atoms with van der Waals surface area (Å²) in [5, 5.41) is 0. The molecular formula is C15H12BrIO. The first-order chi connectivity index (χ1) is 8.66. The summed E-state index contributed by atoms with van der Waals surface area (Å²) in [6.45, 7) is 0. The van der Waals surface area contributed by atoms with E-state index in [0.717, 1.165) is 20.0 Å². The molecule has 1 nitrogen and oxygen atoms in total. The van der Waals surface area contributed by atoms with Crippen LogP contribution in [0, 0.1) is 3.57 Å². The van der Waals surface area contributed by atoms with Gasteiger partial charge in [0, 0.05) is 20.0 Å². The Balaban J connectivity index is 2.06. The Morgan fingerprint density at radius 2 is 1.83 bits per heavy atom. The van der Waals surface area contributed by atoms with Crippen LogP contribution in [0.15, 0.2) is 53.0 Å². The van der Waals surface area contributed by atoms with Gasteiger partial charge in [-0.2, -0.15) is 0 Å². The van der Waals surface area contributed by atoms with Gasteiger partial charge < -0.3 is 0 Å². The highest BCUT2D eigenvalue weighted by molar-refractivity contribution is 14.1. The number of hydrogen-bond acceptors (Lipinski definition) is 1. The van der Waals surface area contributed by atoms with Crippen molar-refractivity contribution in [2.24, 2.45) is 0 Å². The summed E-state index contributed by atoms with van der Waals surface area (Å²) in [6.07, 6.45) is 1.35. The number of carbonyl (C=O) groups excluding carboxylic acids is 1. The molecule has 0 atom stereocenters. The van der Waals surface area contributed by atoms with E-state index in [-0.39, 0.29) is 5.78 Å². The molecule has 2 aromatic rings. The third kappa shape index (κ3) is 3.65. The summed E-state index contributed by atoms with van der Waals surface area (Å²) in [7, 11) is 0. The molecule has 0 aliphatic heterocycles. The second kappa shape index (κ2) is 6.48. The fourth-order valence-electron chi connectivity index (χ4n) is 1.75. The number of hydrogen-bond donors (Lipinski definition) is 0. The SMILES string of the molecule is O=C(CCc1ccccc1)c1cc(Br)ccc1I. The molecule has 0 aliphatic rings. The average Bonchev–Trinajstić information content (AvgIpc) is 2.40. The van der Waals surface area contributed by atoms with Crippen LogP contribution in [0.2, 0.25) is 0 Å². The van der Waals surface area contributed by atoms with E-state index in [4.69, 9.17) is 0 Å². The number of ketones is 1. The van der Waals surface area contributed by atoms with Gasteiger partial charge >= 0.3 is 0 Å². The molecular weight excluding hydrogens is 403 g/mol. The molecule has 0 saturated heterocycles. The molecule has 0 spiro atoms.